The quantitative estimate of drug-likeness (QED) is 0.443. The fourth-order valence-corrected chi connectivity index (χ4v) is 3.25. The molecule has 0 spiro atoms. The van der Waals surface area contributed by atoms with Gasteiger partial charge in [-0.2, -0.15) is 9.38 Å². The van der Waals surface area contributed by atoms with Gasteiger partial charge in [-0.05, 0) is 23.5 Å². The molecule has 3 heterocycles. The summed E-state index contributed by atoms with van der Waals surface area (Å²) in [5.41, 5.74) is 2.94. The Balaban J connectivity index is 1.65. The molecular weight excluding hydrogens is 316 g/mol. The van der Waals surface area contributed by atoms with Crippen molar-refractivity contribution in [3.8, 4) is 0 Å². The third kappa shape index (κ3) is 2.21. The van der Waals surface area contributed by atoms with Gasteiger partial charge in [-0.1, -0.05) is 23.5 Å². The summed E-state index contributed by atoms with van der Waals surface area (Å²) < 4.78 is 1.47. The predicted octanol–water partition coefficient (Wildman–Crippen LogP) is 3.10. The molecule has 0 aliphatic heterocycles. The Morgan fingerprint density at radius 2 is 2.30 bits per heavy atom. The van der Waals surface area contributed by atoms with Crippen LogP contribution in [0.3, 0.4) is 0 Å². The standard InChI is InChI=1S/C14H12N6O2S/c1-8-3-2-4-9-11(8)17-10(16-9)7-15-12-13(20(21)22)19-5-6-23-14(19)18-12/h2-6,15H,7H2,1H3,(H,16,17). The van der Waals surface area contributed by atoms with Crippen molar-refractivity contribution in [2.24, 2.45) is 0 Å². The Morgan fingerprint density at radius 3 is 3.09 bits per heavy atom. The van der Waals surface area contributed by atoms with Gasteiger partial charge in [0.05, 0.1) is 17.6 Å². The minimum atomic E-state index is -0.433. The van der Waals surface area contributed by atoms with Crippen molar-refractivity contribution < 1.29 is 4.92 Å². The molecule has 2 N–H and O–H groups in total. The van der Waals surface area contributed by atoms with Gasteiger partial charge in [0.25, 0.3) is 4.96 Å². The maximum absolute atomic E-state index is 11.3. The van der Waals surface area contributed by atoms with Gasteiger partial charge in [-0.3, -0.25) is 0 Å². The lowest BCUT2D eigenvalue weighted by molar-refractivity contribution is -0.389. The molecule has 116 valence electrons. The lowest BCUT2D eigenvalue weighted by atomic mass is 10.2. The molecule has 0 aliphatic carbocycles. The number of thiazole rings is 1. The SMILES string of the molecule is Cc1cccc2[nH]c(CNc3nc4sccn4c3[N+](=O)[O-])nc12. The van der Waals surface area contributed by atoms with E-state index in [0.29, 0.717) is 17.3 Å². The van der Waals surface area contributed by atoms with Crippen LogP contribution in [-0.4, -0.2) is 24.3 Å². The zero-order valence-corrected chi connectivity index (χ0v) is 12.9. The Bertz CT molecular complexity index is 1030. The molecule has 0 amide bonds. The second-order valence-electron chi connectivity index (χ2n) is 5.10. The third-order valence-corrected chi connectivity index (χ3v) is 4.35. The van der Waals surface area contributed by atoms with E-state index in [0.717, 1.165) is 16.6 Å². The first-order valence-electron chi connectivity index (χ1n) is 6.91. The van der Waals surface area contributed by atoms with E-state index in [2.05, 4.69) is 20.3 Å². The predicted molar refractivity (Wildman–Crippen MR) is 87.9 cm³/mol. The highest BCUT2D eigenvalue weighted by Gasteiger charge is 2.23. The minimum absolute atomic E-state index is 0.0615. The fraction of sp³-hybridized carbons (Fsp3) is 0.143. The number of aromatic nitrogens is 4. The summed E-state index contributed by atoms with van der Waals surface area (Å²) in [7, 11) is 0. The fourth-order valence-electron chi connectivity index (χ4n) is 2.54. The third-order valence-electron chi connectivity index (χ3n) is 3.60. The first-order valence-corrected chi connectivity index (χ1v) is 7.79. The van der Waals surface area contributed by atoms with Crippen molar-refractivity contribution in [2.45, 2.75) is 13.5 Å². The van der Waals surface area contributed by atoms with Crippen LogP contribution in [0.5, 0.6) is 0 Å². The summed E-state index contributed by atoms with van der Waals surface area (Å²) in [6.07, 6.45) is 1.64. The number of imidazole rings is 2. The molecule has 0 fully saturated rings. The van der Waals surface area contributed by atoms with Crippen LogP contribution in [-0.2, 0) is 6.54 Å². The van der Waals surface area contributed by atoms with E-state index in [1.165, 1.54) is 15.7 Å². The van der Waals surface area contributed by atoms with E-state index in [9.17, 15) is 10.1 Å². The molecule has 0 atom stereocenters. The molecular formula is C14H12N6O2S. The van der Waals surface area contributed by atoms with E-state index >= 15 is 0 Å². The lowest BCUT2D eigenvalue weighted by Crippen LogP contribution is -2.04. The average molecular weight is 328 g/mol. The molecule has 0 saturated heterocycles. The minimum Gasteiger partial charge on any atom is -0.358 e. The zero-order chi connectivity index (χ0) is 16.0. The van der Waals surface area contributed by atoms with E-state index in [4.69, 9.17) is 0 Å². The van der Waals surface area contributed by atoms with Crippen LogP contribution in [0.1, 0.15) is 11.4 Å². The second kappa shape index (κ2) is 5.06. The van der Waals surface area contributed by atoms with Gasteiger partial charge in [-0.25, -0.2) is 4.98 Å². The van der Waals surface area contributed by atoms with E-state index in [-0.39, 0.29) is 11.6 Å². The van der Waals surface area contributed by atoms with Crippen molar-refractivity contribution in [1.29, 1.82) is 0 Å². The van der Waals surface area contributed by atoms with E-state index in [1.807, 2.05) is 25.1 Å². The number of nitrogens with one attached hydrogen (secondary N) is 2. The van der Waals surface area contributed by atoms with Crippen molar-refractivity contribution >= 4 is 39.0 Å². The highest BCUT2D eigenvalue weighted by molar-refractivity contribution is 7.15. The number of benzene rings is 1. The smallest absolute Gasteiger partial charge is 0.358 e. The number of para-hydroxylation sites is 1. The summed E-state index contributed by atoms with van der Waals surface area (Å²) in [6.45, 7) is 2.33. The maximum atomic E-state index is 11.3. The highest BCUT2D eigenvalue weighted by Crippen LogP contribution is 2.28. The number of anilines is 1. The molecule has 0 bridgehead atoms. The van der Waals surface area contributed by atoms with Crippen LogP contribution in [0.2, 0.25) is 0 Å². The number of aromatic amines is 1. The molecule has 9 heteroatoms. The van der Waals surface area contributed by atoms with Crippen LogP contribution >= 0.6 is 11.3 Å². The van der Waals surface area contributed by atoms with Gasteiger partial charge in [0.1, 0.15) is 12.0 Å². The average Bonchev–Trinajstić information content (AvgIpc) is 3.18. The Kier molecular flexibility index (Phi) is 3.01. The molecule has 0 radical (unpaired) electrons. The van der Waals surface area contributed by atoms with Crippen molar-refractivity contribution in [1.82, 2.24) is 19.4 Å². The largest absolute Gasteiger partial charge is 0.372 e. The van der Waals surface area contributed by atoms with Gasteiger partial charge >= 0.3 is 5.82 Å². The van der Waals surface area contributed by atoms with Crippen LogP contribution in [0.15, 0.2) is 29.8 Å². The number of hydrogen-bond donors (Lipinski definition) is 2. The van der Waals surface area contributed by atoms with Gasteiger partial charge < -0.3 is 20.4 Å². The summed E-state index contributed by atoms with van der Waals surface area (Å²) in [6, 6.07) is 5.91. The van der Waals surface area contributed by atoms with Gasteiger partial charge in [-0.15, -0.1) is 0 Å². The summed E-state index contributed by atoms with van der Waals surface area (Å²) in [5.74, 6) is 0.896. The zero-order valence-electron chi connectivity index (χ0n) is 12.1. The Hall–Kier alpha value is -2.94. The van der Waals surface area contributed by atoms with Gasteiger partial charge in [0.2, 0.25) is 5.82 Å². The number of H-pyrrole nitrogens is 1. The topological polar surface area (TPSA) is 101 Å². The molecule has 0 unspecified atom stereocenters. The number of nitro groups is 1. The number of aryl methyl sites for hydroxylation is 1. The van der Waals surface area contributed by atoms with Crippen LogP contribution in [0, 0.1) is 17.0 Å². The summed E-state index contributed by atoms with van der Waals surface area (Å²) in [4.78, 5) is 23.4. The number of fused-ring (bicyclic) bond motifs is 2. The van der Waals surface area contributed by atoms with Gasteiger partial charge in [0, 0.05) is 5.38 Å². The molecule has 4 rings (SSSR count). The number of nitrogens with zero attached hydrogens (tertiary/aromatic N) is 4. The van der Waals surface area contributed by atoms with Crippen LogP contribution < -0.4 is 5.32 Å². The first kappa shape index (κ1) is 13.7. The molecule has 0 saturated carbocycles. The number of hydrogen-bond acceptors (Lipinski definition) is 6. The molecule has 4 aromatic rings. The monoisotopic (exact) mass is 328 g/mol. The van der Waals surface area contributed by atoms with Crippen molar-refractivity contribution in [3.05, 3.63) is 51.3 Å². The Morgan fingerprint density at radius 1 is 1.43 bits per heavy atom. The van der Waals surface area contributed by atoms with Crippen molar-refractivity contribution in [2.75, 3.05) is 5.32 Å². The Labute approximate surface area is 134 Å². The van der Waals surface area contributed by atoms with Crippen LogP contribution in [0.25, 0.3) is 16.0 Å². The van der Waals surface area contributed by atoms with Crippen molar-refractivity contribution in [3.63, 3.8) is 0 Å². The maximum Gasteiger partial charge on any atom is 0.372 e. The van der Waals surface area contributed by atoms with Gasteiger partial charge in [0.15, 0.2) is 0 Å². The first-order chi connectivity index (χ1) is 11.1. The molecule has 8 nitrogen and oxygen atoms in total. The highest BCUT2D eigenvalue weighted by atomic mass is 32.1. The molecule has 1 aromatic carbocycles. The summed E-state index contributed by atoms with van der Waals surface area (Å²) in [5, 5.41) is 16.0. The van der Waals surface area contributed by atoms with Crippen LogP contribution in [0.4, 0.5) is 11.6 Å². The number of rotatable bonds is 4. The van der Waals surface area contributed by atoms with E-state index in [1.54, 1.807) is 11.6 Å². The molecule has 23 heavy (non-hydrogen) atoms. The van der Waals surface area contributed by atoms with E-state index < -0.39 is 4.92 Å². The summed E-state index contributed by atoms with van der Waals surface area (Å²) >= 11 is 1.35. The second-order valence-corrected chi connectivity index (χ2v) is 5.98. The lowest BCUT2D eigenvalue weighted by Gasteiger charge is -2.00. The molecule has 3 aromatic heterocycles. The normalized spacial score (nSPS) is 11.3. The molecule has 0 aliphatic rings.